The van der Waals surface area contributed by atoms with Crippen molar-refractivity contribution in [2.75, 3.05) is 6.54 Å². The number of oxazole rings is 1. The van der Waals surface area contributed by atoms with Crippen molar-refractivity contribution in [3.63, 3.8) is 0 Å². The van der Waals surface area contributed by atoms with Crippen molar-refractivity contribution in [3.8, 4) is 0 Å². The Labute approximate surface area is 222 Å². The molecule has 2 bridgehead atoms. The number of aromatic nitrogens is 1. The quantitative estimate of drug-likeness (QED) is 0.552. The Morgan fingerprint density at radius 2 is 1.92 bits per heavy atom. The molecule has 2 amide bonds. The monoisotopic (exact) mass is 525 g/mol. The van der Waals surface area contributed by atoms with Gasteiger partial charge in [-0.3, -0.25) is 14.4 Å². The molecule has 1 aromatic heterocycles. The molecule has 1 aromatic rings. The molecule has 3 heterocycles. The highest BCUT2D eigenvalue weighted by Gasteiger charge is 2.38. The normalized spacial score (nSPS) is 29.5. The van der Waals surface area contributed by atoms with Crippen LogP contribution >= 0.6 is 0 Å². The molecule has 2 aliphatic rings. The molecule has 0 aliphatic carbocycles. The van der Waals surface area contributed by atoms with Gasteiger partial charge in [0.1, 0.15) is 24.2 Å². The van der Waals surface area contributed by atoms with Crippen molar-refractivity contribution >= 4 is 29.8 Å². The Morgan fingerprint density at radius 1 is 1.16 bits per heavy atom. The van der Waals surface area contributed by atoms with Gasteiger partial charge in [0.25, 0.3) is 11.8 Å². The number of aliphatic hydroxyl groups excluding tert-OH is 1. The summed E-state index contributed by atoms with van der Waals surface area (Å²) in [5, 5.41) is 10.2. The van der Waals surface area contributed by atoms with Crippen molar-refractivity contribution in [2.24, 2.45) is 16.8 Å². The lowest BCUT2D eigenvalue weighted by molar-refractivity contribution is -0.158. The summed E-state index contributed by atoms with van der Waals surface area (Å²) in [6, 6.07) is -0.772. The number of esters is 1. The second kappa shape index (κ2) is 13.2. The first kappa shape index (κ1) is 28.9. The molecule has 1 saturated heterocycles. The van der Waals surface area contributed by atoms with Crippen molar-refractivity contribution in [2.45, 2.75) is 71.6 Å². The molecule has 1 fully saturated rings. The average Bonchev–Trinajstić information content (AvgIpc) is 3.52. The maximum atomic E-state index is 13.2. The van der Waals surface area contributed by atoms with Gasteiger partial charge >= 0.3 is 5.97 Å². The van der Waals surface area contributed by atoms with E-state index < -0.39 is 36.0 Å². The van der Waals surface area contributed by atoms with E-state index in [1.807, 2.05) is 20.8 Å². The van der Waals surface area contributed by atoms with Crippen LogP contribution in [0.15, 0.2) is 51.6 Å². The number of aliphatic hydroxyl groups is 1. The van der Waals surface area contributed by atoms with Crippen LogP contribution in [0, 0.1) is 11.8 Å². The second-order valence-corrected chi connectivity index (χ2v) is 10.0. The summed E-state index contributed by atoms with van der Waals surface area (Å²) in [7, 11) is 0. The molecule has 0 saturated carbocycles. The minimum Gasteiger partial charge on any atom is -0.460 e. The number of cyclic esters (lactones) is 1. The van der Waals surface area contributed by atoms with E-state index in [0.717, 1.165) is 0 Å². The van der Waals surface area contributed by atoms with Crippen molar-refractivity contribution in [1.29, 1.82) is 0 Å². The highest BCUT2D eigenvalue weighted by molar-refractivity contribution is 5.96. The molecule has 1 N–H and O–H groups in total. The summed E-state index contributed by atoms with van der Waals surface area (Å²) >= 11 is 0. The van der Waals surface area contributed by atoms with Gasteiger partial charge in [-0.15, -0.1) is 0 Å². The number of carbonyl (C=O) groups is 4. The highest BCUT2D eigenvalue weighted by atomic mass is 16.5. The number of nitrogens with zero attached hydrogens (tertiary/aromatic N) is 3. The zero-order chi connectivity index (χ0) is 27.8. The Bertz CT molecular complexity index is 1160. The molecule has 0 spiro atoms. The molecule has 4 atom stereocenters. The average molecular weight is 526 g/mol. The first-order valence-corrected chi connectivity index (χ1v) is 12.8. The number of Topliss-reactive ketones (excluding diaryl/α,β-unsaturated/α-hetero) is 1. The predicted octanol–water partition coefficient (Wildman–Crippen LogP) is 3.02. The van der Waals surface area contributed by atoms with E-state index in [-0.39, 0.29) is 42.0 Å². The third-order valence-electron chi connectivity index (χ3n) is 6.41. The lowest BCUT2D eigenvalue weighted by Gasteiger charge is -2.29. The van der Waals surface area contributed by atoms with Crippen LogP contribution < -0.4 is 0 Å². The highest BCUT2D eigenvalue weighted by Crippen LogP contribution is 2.25. The number of hydrogen-bond acceptors (Lipinski definition) is 8. The Hall–Kier alpha value is -3.66. The Morgan fingerprint density at radius 3 is 2.66 bits per heavy atom. The van der Waals surface area contributed by atoms with Crippen molar-refractivity contribution in [1.82, 2.24) is 9.88 Å². The first-order valence-electron chi connectivity index (χ1n) is 12.8. The summed E-state index contributed by atoms with van der Waals surface area (Å²) in [5.41, 5.74) is 0.681. The fraction of sp³-hybridized carbons (Fsp3) is 0.500. The van der Waals surface area contributed by atoms with Gasteiger partial charge < -0.3 is 19.2 Å². The van der Waals surface area contributed by atoms with E-state index >= 15 is 0 Å². The van der Waals surface area contributed by atoms with Crippen LogP contribution in [0.25, 0.3) is 0 Å². The van der Waals surface area contributed by atoms with Crippen LogP contribution in [-0.4, -0.2) is 69.6 Å². The fourth-order valence-corrected chi connectivity index (χ4v) is 4.55. The SMILES string of the molecule is CC1=C\[C@@H](O)CC(=O)Cc2nc(co2)C(=O)N2CCCC2C(=O)O[C@H](C(C)C)[C@H](C)/C=C/C(=O)N=C\C=C\1. The first-order chi connectivity index (χ1) is 18.0. The molecule has 204 valence electrons. The van der Waals surface area contributed by atoms with Gasteiger partial charge in [-0.05, 0) is 31.8 Å². The third kappa shape index (κ3) is 7.92. The van der Waals surface area contributed by atoms with E-state index in [4.69, 9.17) is 9.15 Å². The number of ketones is 1. The number of allylic oxidation sites excluding steroid dienone is 3. The van der Waals surface area contributed by atoms with Crippen LogP contribution in [0.1, 0.15) is 63.3 Å². The predicted molar refractivity (Wildman–Crippen MR) is 139 cm³/mol. The molecule has 1 unspecified atom stereocenters. The number of fused-ring (bicyclic) bond motifs is 3. The van der Waals surface area contributed by atoms with E-state index in [1.165, 1.54) is 29.5 Å². The maximum Gasteiger partial charge on any atom is 0.329 e. The summed E-state index contributed by atoms with van der Waals surface area (Å²) < 4.78 is 11.2. The summed E-state index contributed by atoms with van der Waals surface area (Å²) in [6.45, 7) is 7.79. The van der Waals surface area contributed by atoms with Crippen molar-refractivity contribution in [3.05, 3.63) is 53.8 Å². The number of rotatable bonds is 1. The second-order valence-electron chi connectivity index (χ2n) is 10.0. The standard InChI is InChI=1S/C28H35N3O7/c1-17(2)26-19(4)9-10-24(34)29-11-5-7-18(3)13-20(32)14-21(33)15-25-30-22(16-37-25)27(35)31-12-6-8-23(31)28(36)38-26/h5,7,9-11,13,16-17,19-20,23,26,32H,6,8,12,14-15H2,1-4H3/b7-5+,10-9+,18-13+,29-11?/t19-,20-,23?,26-/m1/s1. The lowest BCUT2D eigenvalue weighted by atomic mass is 9.94. The van der Waals surface area contributed by atoms with Crippen LogP contribution in [0.3, 0.4) is 0 Å². The minimum atomic E-state index is -1.03. The van der Waals surface area contributed by atoms with Gasteiger partial charge in [0.15, 0.2) is 5.69 Å². The Balaban J connectivity index is 1.88. The van der Waals surface area contributed by atoms with E-state index in [1.54, 1.807) is 25.2 Å². The lowest BCUT2D eigenvalue weighted by Crippen LogP contribution is -2.44. The van der Waals surface area contributed by atoms with E-state index in [9.17, 15) is 24.3 Å². The zero-order valence-corrected chi connectivity index (χ0v) is 22.2. The number of carbonyl (C=O) groups excluding carboxylic acids is 4. The van der Waals surface area contributed by atoms with E-state index in [2.05, 4.69) is 9.98 Å². The molecule has 0 radical (unpaired) electrons. The minimum absolute atomic E-state index is 0.00235. The van der Waals surface area contributed by atoms with Crippen molar-refractivity contribution < 1.29 is 33.4 Å². The molecule has 2 aliphatic heterocycles. The van der Waals surface area contributed by atoms with Gasteiger partial charge in [-0.1, -0.05) is 44.6 Å². The van der Waals surface area contributed by atoms with Crippen LogP contribution in [0.5, 0.6) is 0 Å². The smallest absolute Gasteiger partial charge is 0.329 e. The molecule has 10 nitrogen and oxygen atoms in total. The van der Waals surface area contributed by atoms with Crippen LogP contribution in [0.4, 0.5) is 0 Å². The van der Waals surface area contributed by atoms with Gasteiger partial charge in [-0.2, -0.15) is 0 Å². The number of ether oxygens (including phenoxy) is 1. The van der Waals surface area contributed by atoms with Gasteiger partial charge in [0, 0.05) is 31.2 Å². The molecule has 38 heavy (non-hydrogen) atoms. The maximum absolute atomic E-state index is 13.2. The molecule has 10 heteroatoms. The third-order valence-corrected chi connectivity index (χ3v) is 6.41. The van der Waals surface area contributed by atoms with Gasteiger partial charge in [0.05, 0.1) is 12.5 Å². The van der Waals surface area contributed by atoms with Crippen LogP contribution in [-0.2, 0) is 25.5 Å². The van der Waals surface area contributed by atoms with E-state index in [0.29, 0.717) is 25.0 Å². The fourth-order valence-electron chi connectivity index (χ4n) is 4.55. The van der Waals surface area contributed by atoms with Gasteiger partial charge in [0.2, 0.25) is 5.89 Å². The number of amides is 2. The largest absolute Gasteiger partial charge is 0.460 e. The molecule has 3 rings (SSSR count). The Kier molecular flexibility index (Phi) is 10.1. The number of aliphatic imine (C=N–C) groups is 1. The molecule has 0 aromatic carbocycles. The zero-order valence-electron chi connectivity index (χ0n) is 22.2. The van der Waals surface area contributed by atoms with Gasteiger partial charge in [-0.25, -0.2) is 14.8 Å². The van der Waals surface area contributed by atoms with Crippen LogP contribution in [0.2, 0.25) is 0 Å². The summed E-state index contributed by atoms with van der Waals surface area (Å²) in [5.74, 6) is -2.04. The summed E-state index contributed by atoms with van der Waals surface area (Å²) in [6.07, 6.45) is 9.42. The number of hydrogen-bond donors (Lipinski definition) is 1. The molecular weight excluding hydrogens is 490 g/mol. The summed E-state index contributed by atoms with van der Waals surface area (Å²) in [4.78, 5) is 60.3. The molecular formula is C28H35N3O7. The topological polar surface area (TPSA) is 139 Å².